The van der Waals surface area contributed by atoms with E-state index in [1.807, 2.05) is 0 Å². The molecule has 1 atom stereocenters. The Morgan fingerprint density at radius 3 is 2.15 bits per heavy atom. The number of hydrogen-bond acceptors (Lipinski definition) is 8. The molecule has 0 saturated heterocycles. The molecule has 178 valence electrons. The highest BCUT2D eigenvalue weighted by molar-refractivity contribution is 9.11. The van der Waals surface area contributed by atoms with Gasteiger partial charge in [-0.1, -0.05) is 13.3 Å². The molecule has 0 bridgehead atoms. The molecule has 0 aromatic heterocycles. The zero-order chi connectivity index (χ0) is 24.8. The van der Waals surface area contributed by atoms with Gasteiger partial charge in [-0.3, -0.25) is 14.1 Å². The average molecular weight is 673 g/mol. The van der Waals surface area contributed by atoms with Gasteiger partial charge in [-0.15, -0.1) is 0 Å². The summed E-state index contributed by atoms with van der Waals surface area (Å²) in [6, 6.07) is 1.34. The van der Waals surface area contributed by atoms with Crippen LogP contribution in [0, 0.1) is 0 Å². The van der Waals surface area contributed by atoms with Crippen molar-refractivity contribution < 1.29 is 41.7 Å². The van der Waals surface area contributed by atoms with Crippen LogP contribution in [0.3, 0.4) is 0 Å². The minimum atomic E-state index is -4.74. The highest BCUT2D eigenvalue weighted by Gasteiger charge is 2.40. The lowest BCUT2D eigenvalue weighted by atomic mass is 9.81. The van der Waals surface area contributed by atoms with E-state index in [0.29, 0.717) is 6.42 Å². The molecular formula is C20H17Br3O9S. The fourth-order valence-electron chi connectivity index (χ4n) is 3.72. The SMILES string of the molecule is CCCC(Cc1cc2c(c(O)c1Br)C(=O)c1c(OC)c(Br)c(O)c(Br)c1C2=O)OS(=O)(=O)O. The number of halogens is 3. The van der Waals surface area contributed by atoms with Gasteiger partial charge in [-0.2, -0.15) is 8.42 Å². The van der Waals surface area contributed by atoms with Crippen LogP contribution in [0.2, 0.25) is 0 Å². The largest absolute Gasteiger partial charge is 0.506 e. The molecular weight excluding hydrogens is 656 g/mol. The van der Waals surface area contributed by atoms with E-state index in [9.17, 15) is 28.2 Å². The van der Waals surface area contributed by atoms with Crippen molar-refractivity contribution >= 4 is 69.8 Å². The second-order valence-electron chi connectivity index (χ2n) is 7.18. The van der Waals surface area contributed by atoms with Gasteiger partial charge in [0.1, 0.15) is 21.7 Å². The third-order valence-corrected chi connectivity index (χ3v) is 7.98. The van der Waals surface area contributed by atoms with Crippen LogP contribution in [-0.2, 0) is 21.0 Å². The molecule has 1 aliphatic carbocycles. The van der Waals surface area contributed by atoms with E-state index < -0.39 is 33.8 Å². The predicted octanol–water partition coefficient (Wildman–Crippen LogP) is 4.70. The standard InChI is InChI=1S/C20H17Br3O9S/c1-3-4-8(32-33(28,29)30)5-7-6-9-10(18(26)13(7)21)17(25)12-11(16(9)24)14(22)19(27)15(23)20(12)31-2/h6,8,26-27H,3-5H2,1-2H3,(H,28,29,30). The Kier molecular flexibility index (Phi) is 7.61. The number of phenols is 2. The molecule has 1 aliphatic rings. The van der Waals surface area contributed by atoms with Crippen LogP contribution in [0.15, 0.2) is 19.5 Å². The van der Waals surface area contributed by atoms with E-state index in [4.69, 9.17) is 13.5 Å². The molecule has 2 aromatic rings. The van der Waals surface area contributed by atoms with Crippen molar-refractivity contribution in [3.63, 3.8) is 0 Å². The first kappa shape index (κ1) is 26.1. The molecule has 9 nitrogen and oxygen atoms in total. The lowest BCUT2D eigenvalue weighted by molar-refractivity contribution is 0.0972. The second kappa shape index (κ2) is 9.62. The smallest absolute Gasteiger partial charge is 0.397 e. The van der Waals surface area contributed by atoms with Crippen LogP contribution in [-0.4, -0.2) is 48.0 Å². The Bertz CT molecular complexity index is 1290. The van der Waals surface area contributed by atoms with Crippen LogP contribution in [0.5, 0.6) is 17.2 Å². The maximum Gasteiger partial charge on any atom is 0.397 e. The minimum Gasteiger partial charge on any atom is -0.506 e. The summed E-state index contributed by atoms with van der Waals surface area (Å²) in [6.45, 7) is 1.79. The van der Waals surface area contributed by atoms with Crippen LogP contribution in [0.25, 0.3) is 0 Å². The van der Waals surface area contributed by atoms with Gasteiger partial charge in [0, 0.05) is 12.0 Å². The third-order valence-electron chi connectivity index (χ3n) is 5.07. The molecule has 0 fully saturated rings. The average Bonchev–Trinajstić information content (AvgIpc) is 2.72. The molecule has 0 aliphatic heterocycles. The van der Waals surface area contributed by atoms with Gasteiger partial charge in [0.25, 0.3) is 0 Å². The van der Waals surface area contributed by atoms with Crippen molar-refractivity contribution in [1.29, 1.82) is 0 Å². The first-order valence-electron chi connectivity index (χ1n) is 9.41. The molecule has 0 radical (unpaired) electrons. The maximum absolute atomic E-state index is 13.4. The topological polar surface area (TPSA) is 147 Å². The highest BCUT2D eigenvalue weighted by Crippen LogP contribution is 2.50. The molecule has 13 heteroatoms. The first-order valence-corrected chi connectivity index (χ1v) is 13.2. The van der Waals surface area contributed by atoms with E-state index in [1.165, 1.54) is 13.2 Å². The number of aromatic hydroxyl groups is 2. The summed E-state index contributed by atoms with van der Waals surface area (Å²) in [5.41, 5.74) is -0.414. The quantitative estimate of drug-likeness (QED) is 0.304. The van der Waals surface area contributed by atoms with Crippen LogP contribution in [0.1, 0.15) is 57.2 Å². The van der Waals surface area contributed by atoms with Crippen molar-refractivity contribution in [3.8, 4) is 17.2 Å². The van der Waals surface area contributed by atoms with E-state index in [2.05, 4.69) is 47.8 Å². The molecule has 2 aromatic carbocycles. The van der Waals surface area contributed by atoms with E-state index >= 15 is 0 Å². The van der Waals surface area contributed by atoms with Gasteiger partial charge in [-0.25, -0.2) is 4.18 Å². The number of carbonyl (C=O) groups excluding carboxylic acids is 2. The minimum absolute atomic E-state index is 0.0308. The van der Waals surface area contributed by atoms with Crippen molar-refractivity contribution in [2.75, 3.05) is 7.11 Å². The Morgan fingerprint density at radius 2 is 1.61 bits per heavy atom. The number of carbonyl (C=O) groups is 2. The zero-order valence-electron chi connectivity index (χ0n) is 17.1. The summed E-state index contributed by atoms with van der Waals surface area (Å²) in [4.78, 5) is 26.8. The normalized spacial score (nSPS) is 14.1. The summed E-state index contributed by atoms with van der Waals surface area (Å²) in [7, 11) is -3.47. The summed E-state index contributed by atoms with van der Waals surface area (Å²) < 4.78 is 41.5. The number of ether oxygens (including phenoxy) is 1. The van der Waals surface area contributed by atoms with Crippen LogP contribution >= 0.6 is 47.8 Å². The Balaban J connectivity index is 2.22. The molecule has 0 heterocycles. The summed E-state index contributed by atoms with van der Waals surface area (Å²) in [5.74, 6) is -2.31. The molecule has 0 amide bonds. The van der Waals surface area contributed by atoms with Crippen molar-refractivity contribution in [2.24, 2.45) is 0 Å². The third kappa shape index (κ3) is 4.71. The van der Waals surface area contributed by atoms with E-state index in [-0.39, 0.29) is 65.6 Å². The molecule has 3 rings (SSSR count). The highest BCUT2D eigenvalue weighted by atomic mass is 79.9. The van der Waals surface area contributed by atoms with Gasteiger partial charge in [0.2, 0.25) is 5.78 Å². The van der Waals surface area contributed by atoms with Crippen molar-refractivity contribution in [3.05, 3.63) is 47.3 Å². The number of fused-ring (bicyclic) bond motifs is 2. The van der Waals surface area contributed by atoms with Gasteiger partial charge >= 0.3 is 10.4 Å². The van der Waals surface area contributed by atoms with Gasteiger partial charge in [0.05, 0.1) is 38.8 Å². The van der Waals surface area contributed by atoms with Gasteiger partial charge in [-0.05, 0) is 65.8 Å². The lowest BCUT2D eigenvalue weighted by Crippen LogP contribution is -2.25. The van der Waals surface area contributed by atoms with E-state index in [0.717, 1.165) is 0 Å². The number of benzene rings is 2. The zero-order valence-corrected chi connectivity index (χ0v) is 22.7. The molecule has 3 N–H and O–H groups in total. The van der Waals surface area contributed by atoms with Gasteiger partial charge in [0.15, 0.2) is 5.78 Å². The molecule has 0 spiro atoms. The van der Waals surface area contributed by atoms with Crippen LogP contribution in [0.4, 0.5) is 0 Å². The lowest BCUT2D eigenvalue weighted by Gasteiger charge is -2.25. The van der Waals surface area contributed by atoms with Crippen molar-refractivity contribution in [2.45, 2.75) is 32.3 Å². The second-order valence-corrected chi connectivity index (χ2v) is 10.6. The Labute approximate surface area is 214 Å². The number of phenolic OH excluding ortho intramolecular Hbond substituents is 2. The maximum atomic E-state index is 13.4. The van der Waals surface area contributed by atoms with Gasteiger partial charge < -0.3 is 14.9 Å². The summed E-state index contributed by atoms with van der Waals surface area (Å²) >= 11 is 9.51. The Morgan fingerprint density at radius 1 is 0.970 bits per heavy atom. The summed E-state index contributed by atoms with van der Waals surface area (Å²) in [6.07, 6.45) is -0.295. The monoisotopic (exact) mass is 670 g/mol. The van der Waals surface area contributed by atoms with Crippen LogP contribution < -0.4 is 4.74 Å². The van der Waals surface area contributed by atoms with E-state index in [1.54, 1.807) is 6.92 Å². The summed E-state index contributed by atoms with van der Waals surface area (Å²) in [5, 5.41) is 21.2. The van der Waals surface area contributed by atoms with Crippen molar-refractivity contribution in [1.82, 2.24) is 0 Å². The number of methoxy groups -OCH3 is 1. The molecule has 33 heavy (non-hydrogen) atoms. The predicted molar refractivity (Wildman–Crippen MR) is 128 cm³/mol. The number of hydrogen-bond donors (Lipinski definition) is 3. The Hall–Kier alpha value is -1.51. The number of rotatable bonds is 7. The fourth-order valence-corrected chi connectivity index (χ4v) is 6.10. The molecule has 0 saturated carbocycles. The number of ketones is 2. The fraction of sp³-hybridized carbons (Fsp3) is 0.300. The first-order chi connectivity index (χ1) is 15.3. The molecule has 1 unspecified atom stereocenters.